The molecule has 0 aromatic heterocycles. The highest BCUT2D eigenvalue weighted by Gasteiger charge is 2.19. The molecule has 1 fully saturated rings. The summed E-state index contributed by atoms with van der Waals surface area (Å²) < 4.78 is 0. The van der Waals surface area contributed by atoms with Crippen LogP contribution in [0.5, 0.6) is 0 Å². The zero-order valence-corrected chi connectivity index (χ0v) is 12.9. The first-order valence-corrected chi connectivity index (χ1v) is 8.78. The second-order valence-electron chi connectivity index (χ2n) is 5.59. The Labute approximate surface area is 122 Å². The molecule has 1 aromatic rings. The van der Waals surface area contributed by atoms with Crippen LogP contribution < -0.4 is 5.32 Å². The normalized spacial score (nSPS) is 24.1. The zero-order chi connectivity index (χ0) is 13.3. The van der Waals surface area contributed by atoms with Crippen molar-refractivity contribution in [1.29, 1.82) is 0 Å². The first-order valence-electron chi connectivity index (χ1n) is 7.79. The Morgan fingerprint density at radius 3 is 2.74 bits per heavy atom. The van der Waals surface area contributed by atoms with Crippen LogP contribution in [0.2, 0.25) is 0 Å². The van der Waals surface area contributed by atoms with Crippen LogP contribution in [0.25, 0.3) is 0 Å². The van der Waals surface area contributed by atoms with E-state index in [0.717, 1.165) is 18.5 Å². The first kappa shape index (κ1) is 14.9. The van der Waals surface area contributed by atoms with Gasteiger partial charge in [0.05, 0.1) is 0 Å². The van der Waals surface area contributed by atoms with Gasteiger partial charge < -0.3 is 5.32 Å². The summed E-state index contributed by atoms with van der Waals surface area (Å²) in [7, 11) is 0. The molecule has 2 atom stereocenters. The van der Waals surface area contributed by atoms with Crippen LogP contribution in [-0.4, -0.2) is 18.3 Å². The van der Waals surface area contributed by atoms with Crippen molar-refractivity contribution in [2.24, 2.45) is 5.92 Å². The highest BCUT2D eigenvalue weighted by molar-refractivity contribution is 7.99. The van der Waals surface area contributed by atoms with Gasteiger partial charge in [-0.15, -0.1) is 11.8 Å². The van der Waals surface area contributed by atoms with Crippen molar-refractivity contribution in [3.05, 3.63) is 30.3 Å². The van der Waals surface area contributed by atoms with Crippen LogP contribution in [0.1, 0.15) is 45.4 Å². The predicted octanol–water partition coefficient (Wildman–Crippen LogP) is 4.73. The standard InChI is InChI=1S/C17H27NS/c1-2-18-16-9-7-6-8-15(14-16)12-13-19-17-10-4-3-5-11-17/h3-5,10-11,15-16,18H,2,6-9,12-14H2,1H3. The van der Waals surface area contributed by atoms with E-state index in [-0.39, 0.29) is 0 Å². The fourth-order valence-electron chi connectivity index (χ4n) is 3.06. The molecule has 1 aliphatic rings. The molecule has 0 bridgehead atoms. The van der Waals surface area contributed by atoms with E-state index in [1.807, 2.05) is 11.8 Å². The van der Waals surface area contributed by atoms with E-state index in [2.05, 4.69) is 42.6 Å². The van der Waals surface area contributed by atoms with Crippen molar-refractivity contribution in [3.63, 3.8) is 0 Å². The van der Waals surface area contributed by atoms with Gasteiger partial charge in [0, 0.05) is 10.9 Å². The van der Waals surface area contributed by atoms with Crippen molar-refractivity contribution in [3.8, 4) is 0 Å². The quantitative estimate of drug-likeness (QED) is 0.596. The van der Waals surface area contributed by atoms with E-state index in [0.29, 0.717) is 0 Å². The third kappa shape index (κ3) is 5.58. The molecule has 106 valence electrons. The number of rotatable bonds is 6. The second-order valence-corrected chi connectivity index (χ2v) is 6.76. The number of hydrogen-bond acceptors (Lipinski definition) is 2. The minimum atomic E-state index is 0.777. The molecule has 0 aliphatic heterocycles. The fourth-order valence-corrected chi connectivity index (χ4v) is 4.09. The summed E-state index contributed by atoms with van der Waals surface area (Å²) in [5.41, 5.74) is 0. The number of nitrogens with one attached hydrogen (secondary N) is 1. The third-order valence-corrected chi connectivity index (χ3v) is 5.11. The van der Waals surface area contributed by atoms with Gasteiger partial charge >= 0.3 is 0 Å². The monoisotopic (exact) mass is 277 g/mol. The number of thioether (sulfide) groups is 1. The van der Waals surface area contributed by atoms with Crippen molar-refractivity contribution in [2.45, 2.75) is 56.4 Å². The highest BCUT2D eigenvalue weighted by atomic mass is 32.2. The van der Waals surface area contributed by atoms with Crippen molar-refractivity contribution >= 4 is 11.8 Å². The minimum Gasteiger partial charge on any atom is -0.314 e. The van der Waals surface area contributed by atoms with Gasteiger partial charge in [-0.05, 0) is 49.6 Å². The van der Waals surface area contributed by atoms with Gasteiger partial charge in [-0.25, -0.2) is 0 Å². The molecule has 0 radical (unpaired) electrons. The Kier molecular flexibility index (Phi) is 6.80. The van der Waals surface area contributed by atoms with Crippen LogP contribution in [0, 0.1) is 5.92 Å². The van der Waals surface area contributed by atoms with E-state index in [1.54, 1.807) is 0 Å². The summed E-state index contributed by atoms with van der Waals surface area (Å²) in [6.45, 7) is 3.35. The fraction of sp³-hybridized carbons (Fsp3) is 0.647. The molecular weight excluding hydrogens is 250 g/mol. The van der Waals surface area contributed by atoms with Crippen LogP contribution in [0.15, 0.2) is 35.2 Å². The zero-order valence-electron chi connectivity index (χ0n) is 12.1. The third-order valence-electron chi connectivity index (χ3n) is 4.06. The van der Waals surface area contributed by atoms with Gasteiger partial charge in [-0.2, -0.15) is 0 Å². The lowest BCUT2D eigenvalue weighted by atomic mass is 9.95. The first-order chi connectivity index (χ1) is 9.38. The molecule has 1 N–H and O–H groups in total. The summed E-state index contributed by atoms with van der Waals surface area (Å²) in [4.78, 5) is 1.42. The molecule has 2 heteroatoms. The molecule has 1 nitrogen and oxygen atoms in total. The Morgan fingerprint density at radius 1 is 1.16 bits per heavy atom. The van der Waals surface area contributed by atoms with Crippen molar-refractivity contribution in [1.82, 2.24) is 5.32 Å². The van der Waals surface area contributed by atoms with E-state index >= 15 is 0 Å². The maximum atomic E-state index is 3.66. The van der Waals surface area contributed by atoms with Crippen molar-refractivity contribution < 1.29 is 0 Å². The topological polar surface area (TPSA) is 12.0 Å². The van der Waals surface area contributed by atoms with Gasteiger partial charge in [0.1, 0.15) is 0 Å². The maximum Gasteiger partial charge on any atom is 0.00719 e. The summed E-state index contributed by atoms with van der Waals surface area (Å²) in [5.74, 6) is 2.20. The van der Waals surface area contributed by atoms with Gasteiger partial charge in [-0.3, -0.25) is 0 Å². The highest BCUT2D eigenvalue weighted by Crippen LogP contribution is 2.28. The molecule has 0 amide bonds. The molecule has 0 spiro atoms. The van der Waals surface area contributed by atoms with Crippen LogP contribution in [0.3, 0.4) is 0 Å². The molecule has 0 heterocycles. The molecule has 2 unspecified atom stereocenters. The minimum absolute atomic E-state index is 0.777. The Balaban J connectivity index is 1.72. The predicted molar refractivity (Wildman–Crippen MR) is 85.8 cm³/mol. The average molecular weight is 277 g/mol. The molecule has 0 saturated heterocycles. The molecule has 19 heavy (non-hydrogen) atoms. The van der Waals surface area contributed by atoms with E-state index in [4.69, 9.17) is 0 Å². The van der Waals surface area contributed by atoms with Gasteiger partial charge in [0.15, 0.2) is 0 Å². The Morgan fingerprint density at radius 2 is 1.95 bits per heavy atom. The van der Waals surface area contributed by atoms with Gasteiger partial charge in [0.2, 0.25) is 0 Å². The Hall–Kier alpha value is -0.470. The van der Waals surface area contributed by atoms with Gasteiger partial charge in [-0.1, -0.05) is 44.4 Å². The summed E-state index contributed by atoms with van der Waals surface area (Å²) in [6.07, 6.45) is 8.45. The SMILES string of the molecule is CCNC1CCCCC(CCSc2ccccc2)C1. The van der Waals surface area contributed by atoms with E-state index < -0.39 is 0 Å². The van der Waals surface area contributed by atoms with E-state index in [9.17, 15) is 0 Å². The van der Waals surface area contributed by atoms with Crippen LogP contribution in [-0.2, 0) is 0 Å². The lowest BCUT2D eigenvalue weighted by molar-refractivity contribution is 0.384. The van der Waals surface area contributed by atoms with Gasteiger partial charge in [0.25, 0.3) is 0 Å². The molecule has 1 aliphatic carbocycles. The Bertz CT molecular complexity index is 338. The lowest BCUT2D eigenvalue weighted by Gasteiger charge is -2.20. The van der Waals surface area contributed by atoms with Crippen LogP contribution in [0.4, 0.5) is 0 Å². The van der Waals surface area contributed by atoms with Crippen molar-refractivity contribution in [2.75, 3.05) is 12.3 Å². The number of hydrogen-bond donors (Lipinski definition) is 1. The number of benzene rings is 1. The summed E-state index contributed by atoms with van der Waals surface area (Å²) in [5, 5.41) is 3.66. The molecule has 1 saturated carbocycles. The molecular formula is C17H27NS. The molecule has 2 rings (SSSR count). The largest absolute Gasteiger partial charge is 0.314 e. The summed E-state index contributed by atoms with van der Waals surface area (Å²) >= 11 is 2.02. The van der Waals surface area contributed by atoms with Crippen LogP contribution >= 0.6 is 11.8 Å². The second kappa shape index (κ2) is 8.65. The summed E-state index contributed by atoms with van der Waals surface area (Å²) in [6, 6.07) is 11.6. The molecule has 1 aromatic carbocycles. The maximum absolute atomic E-state index is 3.66. The smallest absolute Gasteiger partial charge is 0.00719 e. The average Bonchev–Trinajstić information content (AvgIpc) is 2.66. The van der Waals surface area contributed by atoms with E-state index in [1.165, 1.54) is 49.2 Å². The lowest BCUT2D eigenvalue weighted by Crippen LogP contribution is -2.29.